The molecule has 170 valence electrons. The van der Waals surface area contributed by atoms with Gasteiger partial charge in [0.2, 0.25) is 5.75 Å². The van der Waals surface area contributed by atoms with Gasteiger partial charge in [-0.05, 0) is 28.7 Å². The van der Waals surface area contributed by atoms with E-state index in [2.05, 4.69) is 15.3 Å². The van der Waals surface area contributed by atoms with E-state index in [-0.39, 0.29) is 10.8 Å². The summed E-state index contributed by atoms with van der Waals surface area (Å²) in [4.78, 5) is 14.7. The second kappa shape index (κ2) is 8.68. The van der Waals surface area contributed by atoms with Gasteiger partial charge in [0.1, 0.15) is 31.1 Å². The summed E-state index contributed by atoms with van der Waals surface area (Å²) in [5, 5.41) is 3.65. The van der Waals surface area contributed by atoms with E-state index >= 15 is 0 Å². The third-order valence-corrected chi connectivity index (χ3v) is 7.41. The SMILES string of the molecule is COc1cc2ncnc(Nc3ccc(F)c(Cl)c3)c2cc1O[N+]1(S(C)(=O)=O)CCCCC1. The molecule has 0 unspecified atom stereocenters. The lowest BCUT2D eigenvalue weighted by atomic mass is 10.2. The quantitative estimate of drug-likeness (QED) is 0.521. The van der Waals surface area contributed by atoms with Crippen molar-refractivity contribution in [2.75, 3.05) is 31.8 Å². The highest BCUT2D eigenvalue weighted by Gasteiger charge is 2.44. The zero-order valence-corrected chi connectivity index (χ0v) is 19.2. The molecule has 32 heavy (non-hydrogen) atoms. The molecule has 11 heteroatoms. The van der Waals surface area contributed by atoms with Crippen molar-refractivity contribution in [1.82, 2.24) is 9.97 Å². The summed E-state index contributed by atoms with van der Waals surface area (Å²) < 4.78 is 43.8. The van der Waals surface area contributed by atoms with E-state index in [4.69, 9.17) is 21.2 Å². The van der Waals surface area contributed by atoms with E-state index in [9.17, 15) is 12.8 Å². The lowest BCUT2D eigenvalue weighted by Gasteiger charge is -2.35. The molecule has 8 nitrogen and oxygen atoms in total. The Hall–Kier alpha value is -2.69. The Labute approximate surface area is 190 Å². The number of sulfonamides is 1. The van der Waals surface area contributed by atoms with Crippen molar-refractivity contribution < 1.29 is 26.4 Å². The predicted molar refractivity (Wildman–Crippen MR) is 120 cm³/mol. The number of nitrogens with one attached hydrogen (secondary N) is 1. The Morgan fingerprint density at radius 1 is 1.09 bits per heavy atom. The zero-order chi connectivity index (χ0) is 22.9. The van der Waals surface area contributed by atoms with Crippen LogP contribution in [0.5, 0.6) is 11.5 Å². The van der Waals surface area contributed by atoms with Crippen LogP contribution in [0.15, 0.2) is 36.7 Å². The molecule has 0 atom stereocenters. The van der Waals surface area contributed by atoms with Crippen LogP contribution < -0.4 is 14.9 Å². The average Bonchev–Trinajstić information content (AvgIpc) is 2.76. The molecule has 3 aromatic rings. The average molecular weight is 482 g/mol. The molecule has 1 fully saturated rings. The van der Waals surface area contributed by atoms with Gasteiger partial charge >= 0.3 is 10.0 Å². The van der Waals surface area contributed by atoms with E-state index in [1.807, 2.05) is 0 Å². The number of benzene rings is 2. The Morgan fingerprint density at radius 2 is 1.84 bits per heavy atom. The second-order valence-corrected chi connectivity index (χ2v) is 10.2. The summed E-state index contributed by atoms with van der Waals surface area (Å²) in [6.45, 7) is 0.703. The number of nitrogens with zero attached hydrogens (tertiary/aromatic N) is 3. The number of methoxy groups -OCH3 is 1. The molecule has 0 radical (unpaired) electrons. The number of aromatic nitrogens is 2. The van der Waals surface area contributed by atoms with Crippen LogP contribution in [-0.2, 0) is 10.0 Å². The van der Waals surface area contributed by atoms with Crippen molar-refractivity contribution in [2.24, 2.45) is 0 Å². The first-order valence-corrected chi connectivity index (χ1v) is 12.3. The summed E-state index contributed by atoms with van der Waals surface area (Å²) in [6.07, 6.45) is 5.00. The number of piperidine rings is 1. The molecular weight excluding hydrogens is 459 g/mol. The molecule has 1 aliphatic rings. The zero-order valence-electron chi connectivity index (χ0n) is 17.6. The van der Waals surface area contributed by atoms with Crippen LogP contribution in [0.25, 0.3) is 10.9 Å². The second-order valence-electron chi connectivity index (χ2n) is 7.64. The number of fused-ring (bicyclic) bond motifs is 1. The van der Waals surface area contributed by atoms with Gasteiger partial charge < -0.3 is 10.1 Å². The Morgan fingerprint density at radius 3 is 2.50 bits per heavy atom. The van der Waals surface area contributed by atoms with Crippen molar-refractivity contribution in [3.63, 3.8) is 0 Å². The van der Waals surface area contributed by atoms with Gasteiger partial charge in [-0.15, -0.1) is 0 Å². The third kappa shape index (κ3) is 4.30. The minimum Gasteiger partial charge on any atom is -0.492 e. The summed E-state index contributed by atoms with van der Waals surface area (Å²) in [7, 11) is -2.09. The first-order valence-electron chi connectivity index (χ1n) is 10.0. The number of quaternary nitrogens is 1. The van der Waals surface area contributed by atoms with E-state index in [1.165, 1.54) is 37.9 Å². The van der Waals surface area contributed by atoms with Crippen molar-refractivity contribution in [3.05, 3.63) is 47.5 Å². The highest BCUT2D eigenvalue weighted by atomic mass is 35.5. The lowest BCUT2D eigenvalue weighted by molar-refractivity contribution is -0.978. The molecule has 1 N–H and O–H groups in total. The number of anilines is 2. The molecule has 0 saturated carbocycles. The Balaban J connectivity index is 1.79. The highest BCUT2D eigenvalue weighted by molar-refractivity contribution is 7.85. The minimum atomic E-state index is -3.57. The Bertz CT molecular complexity index is 1270. The van der Waals surface area contributed by atoms with Crippen molar-refractivity contribution in [1.29, 1.82) is 0 Å². The normalized spacial score (nSPS) is 16.0. The Kier molecular flexibility index (Phi) is 6.11. The number of ether oxygens (including phenoxy) is 1. The molecule has 4 rings (SSSR count). The predicted octanol–water partition coefficient (Wildman–Crippen LogP) is 4.43. The third-order valence-electron chi connectivity index (χ3n) is 5.47. The molecule has 1 aromatic heterocycles. The molecule has 1 aliphatic heterocycles. The van der Waals surface area contributed by atoms with Gasteiger partial charge in [0.15, 0.2) is 5.75 Å². The molecule has 2 heterocycles. The fourth-order valence-electron chi connectivity index (χ4n) is 3.77. The summed E-state index contributed by atoms with van der Waals surface area (Å²) >= 11 is 5.89. The van der Waals surface area contributed by atoms with E-state index < -0.39 is 19.9 Å². The monoisotopic (exact) mass is 481 g/mol. The van der Waals surface area contributed by atoms with E-state index in [1.54, 1.807) is 12.1 Å². The highest BCUT2D eigenvalue weighted by Crippen LogP contribution is 2.38. The van der Waals surface area contributed by atoms with Gasteiger partial charge in [-0.1, -0.05) is 11.6 Å². The van der Waals surface area contributed by atoms with Crippen molar-refractivity contribution >= 4 is 44.0 Å². The van der Waals surface area contributed by atoms with E-state index in [0.29, 0.717) is 41.2 Å². The van der Waals surface area contributed by atoms with E-state index in [0.717, 1.165) is 19.3 Å². The smallest absolute Gasteiger partial charge is 0.332 e. The van der Waals surface area contributed by atoms with Crippen LogP contribution in [0, 0.1) is 5.82 Å². The maximum Gasteiger partial charge on any atom is 0.332 e. The van der Waals surface area contributed by atoms with Gasteiger partial charge in [0.05, 0.1) is 23.9 Å². The fourth-order valence-corrected chi connectivity index (χ4v) is 5.09. The topological polar surface area (TPSA) is 90.4 Å². The number of hydrogen-bond donors (Lipinski definition) is 1. The number of rotatable bonds is 6. The fraction of sp³-hybridized carbons (Fsp3) is 0.333. The molecule has 0 amide bonds. The van der Waals surface area contributed by atoms with Crippen LogP contribution in [0.2, 0.25) is 5.02 Å². The van der Waals surface area contributed by atoms with Gasteiger partial charge in [0, 0.05) is 36.0 Å². The number of halogens is 2. The van der Waals surface area contributed by atoms with Gasteiger partial charge in [-0.3, -0.25) is 4.84 Å². The molecule has 0 aliphatic carbocycles. The van der Waals surface area contributed by atoms with Crippen LogP contribution in [0.4, 0.5) is 15.9 Å². The molecule has 2 aromatic carbocycles. The van der Waals surface area contributed by atoms with Crippen molar-refractivity contribution in [3.8, 4) is 11.5 Å². The first-order chi connectivity index (χ1) is 15.2. The largest absolute Gasteiger partial charge is 0.492 e. The first kappa shape index (κ1) is 22.5. The van der Waals surface area contributed by atoms with Gasteiger partial charge in [-0.2, -0.15) is 8.42 Å². The summed E-state index contributed by atoms with van der Waals surface area (Å²) in [5.41, 5.74) is 1.09. The summed E-state index contributed by atoms with van der Waals surface area (Å²) in [5.74, 6) is 0.525. The van der Waals surface area contributed by atoms with Crippen molar-refractivity contribution in [2.45, 2.75) is 19.3 Å². The van der Waals surface area contributed by atoms with Crippen LogP contribution >= 0.6 is 11.6 Å². The van der Waals surface area contributed by atoms with Gasteiger partial charge in [-0.25, -0.2) is 14.4 Å². The maximum atomic E-state index is 13.5. The molecule has 1 saturated heterocycles. The lowest BCUT2D eigenvalue weighted by Crippen LogP contribution is -2.57. The minimum absolute atomic E-state index is 0.0243. The molecular formula is C21H23ClFN4O4S+. The van der Waals surface area contributed by atoms with Gasteiger partial charge in [0.25, 0.3) is 0 Å². The molecule has 0 bridgehead atoms. The number of hydrogen-bond acceptors (Lipinski definition) is 7. The molecule has 0 spiro atoms. The summed E-state index contributed by atoms with van der Waals surface area (Å²) in [6, 6.07) is 7.55. The maximum absolute atomic E-state index is 13.5. The van der Waals surface area contributed by atoms with Crippen LogP contribution in [0.3, 0.4) is 0 Å². The standard InChI is InChI=1S/C21H23ClFN4O4S/c1-30-19-12-18-15(11-20(19)31-27(32(2,28)29)8-4-3-5-9-27)21(25-13-24-18)26-14-6-7-17(23)16(22)10-14/h6-7,10-13H,3-5,8-9H2,1-2H3,(H,24,25,26)/q+1. The van der Waals surface area contributed by atoms with Crippen LogP contribution in [-0.4, -0.2) is 48.9 Å². The number of hydroxylamine groups is 2. The van der Waals surface area contributed by atoms with Crippen LogP contribution in [0.1, 0.15) is 19.3 Å².